The number of carbonyl (C=O) groups is 15. The van der Waals surface area contributed by atoms with Gasteiger partial charge in [0.25, 0.3) is 17.7 Å². The van der Waals surface area contributed by atoms with Crippen molar-refractivity contribution >= 4 is 122 Å². The van der Waals surface area contributed by atoms with Crippen LogP contribution in [0.25, 0.3) is 21.5 Å². The number of nitrogens with two attached hydrogens (primary N) is 4. The quantitative estimate of drug-likeness (QED) is 0.0224. The molecular weight excluding hydrogens is 1580 g/mol. The summed E-state index contributed by atoms with van der Waals surface area (Å²) in [6.45, 7) is 0.965. The van der Waals surface area contributed by atoms with Gasteiger partial charge in [0.15, 0.2) is 11.9 Å². The highest BCUT2D eigenvalue weighted by molar-refractivity contribution is 6.07. The van der Waals surface area contributed by atoms with Gasteiger partial charge in [0, 0.05) is 68.6 Å². The highest BCUT2D eigenvalue weighted by atomic mass is 16.3. The minimum Gasteiger partial charge on any atom is -0.394 e. The molecule has 2 aliphatic rings. The van der Waals surface area contributed by atoms with Crippen molar-refractivity contribution in [2.24, 2.45) is 28.9 Å². The molecule has 7 aromatic rings. The Bertz CT molecular complexity index is 5060. The molecule has 0 unspecified atom stereocenters. The molecule has 15 amide bonds. The molecule has 0 aliphatic carbocycles. The molecule has 650 valence electrons. The van der Waals surface area contributed by atoms with Gasteiger partial charge in [0.05, 0.1) is 6.61 Å². The van der Waals surface area contributed by atoms with Gasteiger partial charge in [0.1, 0.15) is 66.5 Å². The van der Waals surface area contributed by atoms with Crippen molar-refractivity contribution in [3.63, 3.8) is 0 Å². The number of hydrogen-bond acceptors (Lipinski definition) is 18. The summed E-state index contributed by atoms with van der Waals surface area (Å²) in [4.78, 5) is 222. The van der Waals surface area contributed by atoms with E-state index in [4.69, 9.17) is 33.8 Å². The van der Waals surface area contributed by atoms with Gasteiger partial charge in [-0.25, -0.2) is 0 Å². The normalized spacial score (nSPS) is 22.0. The van der Waals surface area contributed by atoms with Crippen LogP contribution in [0.4, 0.5) is 0 Å². The minimum atomic E-state index is -1.95. The van der Waals surface area contributed by atoms with E-state index >= 15 is 33.6 Å². The van der Waals surface area contributed by atoms with E-state index in [1.165, 1.54) is 12.1 Å². The van der Waals surface area contributed by atoms with Gasteiger partial charge >= 0.3 is 0 Å². The Morgan fingerprint density at radius 2 is 0.846 bits per heavy atom. The molecule has 0 fully saturated rings. The van der Waals surface area contributed by atoms with Crippen LogP contribution < -0.4 is 103 Å². The molecule has 26 N–H and O–H groups in total. The highest BCUT2D eigenvalue weighted by Gasteiger charge is 2.39. The molecular formula is C86H105N21O16. The second-order valence-electron chi connectivity index (χ2n) is 30.4. The molecule has 9 rings (SSSR count). The first kappa shape index (κ1) is 92.5. The number of aliphatic hydroxyl groups is 1. The van der Waals surface area contributed by atoms with Crippen LogP contribution >= 0.6 is 0 Å². The van der Waals surface area contributed by atoms with E-state index in [-0.39, 0.29) is 95.0 Å². The van der Waals surface area contributed by atoms with E-state index in [2.05, 4.69) is 79.8 Å². The van der Waals surface area contributed by atoms with Crippen LogP contribution in [0, 0.1) is 16.7 Å². The largest absolute Gasteiger partial charge is 0.394 e. The maximum absolute atomic E-state index is 15.6. The van der Waals surface area contributed by atoms with E-state index in [9.17, 15) is 43.5 Å². The van der Waals surface area contributed by atoms with Crippen LogP contribution in [0.3, 0.4) is 0 Å². The second-order valence-corrected chi connectivity index (χ2v) is 30.4. The molecule has 11 atom stereocenters. The fourth-order valence-corrected chi connectivity index (χ4v) is 14.0. The Kier molecular flexibility index (Phi) is 33.9. The molecule has 4 bridgehead atoms. The Labute approximate surface area is 708 Å². The molecule has 2 aliphatic heterocycles. The van der Waals surface area contributed by atoms with Crippen molar-refractivity contribution in [2.45, 2.75) is 157 Å². The van der Waals surface area contributed by atoms with Crippen LogP contribution in [0.2, 0.25) is 0 Å². The fourth-order valence-electron chi connectivity index (χ4n) is 14.0. The van der Waals surface area contributed by atoms with Crippen LogP contribution in [-0.4, -0.2) is 199 Å². The van der Waals surface area contributed by atoms with Gasteiger partial charge in [-0.2, -0.15) is 0 Å². The van der Waals surface area contributed by atoms with Crippen LogP contribution in [-0.2, 0) is 76.8 Å². The number of carbonyl (C=O) groups excluding carboxylic acids is 15. The zero-order valence-electron chi connectivity index (χ0n) is 67.9. The summed E-state index contributed by atoms with van der Waals surface area (Å²) in [5.41, 5.74) is 23.0. The zero-order valence-corrected chi connectivity index (χ0v) is 67.9. The van der Waals surface area contributed by atoms with Gasteiger partial charge in [-0.05, 0) is 119 Å². The lowest BCUT2D eigenvalue weighted by atomic mass is 9.99. The topological polar surface area (TPSA) is 609 Å². The number of guanidine groups is 2. The predicted octanol–water partition coefficient (Wildman–Crippen LogP) is -1.38. The number of rotatable bonds is 21. The first-order valence-corrected chi connectivity index (χ1v) is 40.3. The molecule has 123 heavy (non-hydrogen) atoms. The van der Waals surface area contributed by atoms with E-state index < -0.39 is 210 Å². The van der Waals surface area contributed by atoms with Crippen LogP contribution in [0.5, 0.6) is 0 Å². The fraction of sp³-hybridized carbons (Fsp3) is 0.360. The van der Waals surface area contributed by atoms with Gasteiger partial charge < -0.3 is 108 Å². The summed E-state index contributed by atoms with van der Waals surface area (Å²) in [5.74, 6) is -17.2. The first-order chi connectivity index (χ1) is 58.9. The molecule has 37 nitrogen and oxygen atoms in total. The number of hydrogen-bond donors (Lipinski definition) is 22. The van der Waals surface area contributed by atoms with Crippen molar-refractivity contribution in [3.8, 4) is 0 Å². The average Bonchev–Trinajstić information content (AvgIpc) is 0.808. The van der Waals surface area contributed by atoms with Gasteiger partial charge in [-0.1, -0.05) is 159 Å². The summed E-state index contributed by atoms with van der Waals surface area (Å²) < 4.78 is 0. The lowest BCUT2D eigenvalue weighted by molar-refractivity contribution is -0.136. The third kappa shape index (κ3) is 27.8. The maximum Gasteiger partial charge on any atom is 0.251 e. The van der Waals surface area contributed by atoms with E-state index in [1.807, 2.05) is 24.3 Å². The summed E-state index contributed by atoms with van der Waals surface area (Å²) >= 11 is 0. The average molecular weight is 1690 g/mol. The minimum absolute atomic E-state index is 0.00108. The monoisotopic (exact) mass is 1690 g/mol. The number of amides is 15. The molecule has 0 radical (unpaired) electrons. The molecule has 37 heteroatoms. The first-order valence-electron chi connectivity index (χ1n) is 40.3. The SMILES string of the molecule is CC(C)[C@H]1NC(=O)[C@H](CCCNC(=N)N)NC(=O)[C@@H](Cc2ccccc2)NC(=O)[C@@H]2CCCCNC(=O)c3cc(cc(c3)C(=O)N[C@H](Cc3ccc4ccccc4c3)C(=O)N[C@@H](CO)C(=O)N[C@@H](CCC(N)=O)C(=O)N[C@H](Cc3ccc4ccccc4c3)C(=O)N[C@@H](c3ccccc3)C(=O)N2)C(=O)NC[C@@H](C(N)=O)NC(=O)[C@H](CCCNC(=N)N)NC1=O. The number of benzene rings is 7. The number of primary amides is 2. The predicted molar refractivity (Wildman–Crippen MR) is 454 cm³/mol. The molecule has 0 saturated carbocycles. The van der Waals surface area contributed by atoms with Crippen molar-refractivity contribution in [3.05, 3.63) is 203 Å². The van der Waals surface area contributed by atoms with E-state index in [0.717, 1.165) is 34.4 Å². The number of fused-ring (bicyclic) bond motifs is 10. The number of nitrogens with one attached hydrogen (secondary N) is 17. The highest BCUT2D eigenvalue weighted by Crippen LogP contribution is 2.23. The van der Waals surface area contributed by atoms with Gasteiger partial charge in [0.2, 0.25) is 70.9 Å². The summed E-state index contributed by atoms with van der Waals surface area (Å²) in [7, 11) is 0. The van der Waals surface area contributed by atoms with Crippen LogP contribution in [0.15, 0.2) is 164 Å². The number of aliphatic hydroxyl groups excluding tert-OH is 1. The second kappa shape index (κ2) is 45.1. The van der Waals surface area contributed by atoms with Gasteiger partial charge in [-0.15, -0.1) is 0 Å². The molecule has 7 aromatic carbocycles. The van der Waals surface area contributed by atoms with Crippen LogP contribution in [0.1, 0.15) is 131 Å². The Morgan fingerprint density at radius 3 is 1.37 bits per heavy atom. The third-order valence-corrected chi connectivity index (χ3v) is 20.7. The summed E-state index contributed by atoms with van der Waals surface area (Å²) in [5, 5.41) is 69.1. The standard InChI is InChI=1S/C86H105N21O16/c1-47(2)69-83(122)99-60(26-15-35-94-85(89)90)76(115)104-66(71(88)110)45-96-73(112)57-42-56-43-58(44-57)74(113)101-64(40-49-28-30-51-19-9-11-23-54(51)37-49)80(119)105-67(46-108)82(121)98-62(32-33-68(87)109)77(116)103-65(41-50-29-31-52-20-10-12-24-55(52)38-50)81(120)107-70(53-21-7-4-8-22-53)84(123)100-59(25-13-14-34-93-72(56)111)75(114)102-63(39-48-17-5-3-6-18-48)79(118)97-61(78(117)106-69)27-16-36-95-86(91)92/h3-12,17-24,28-31,37-38,42-44,47,59-67,69-70,108H,13-16,25-27,32-36,39-41,45-46H2,1-2H3,(H2,87,109)(H2,88,110)(H,93,111)(H,96,112)(H,97,118)(H,98,121)(H,99,122)(H,100,123)(H,101,113)(H,102,114)(H,103,116)(H,104,115)(H,105,119)(H,106,117)(H,107,120)(H4,89,90,94)(H4,91,92,95)/t59-,60-,61-,62-,63+,64+,65+,66-,67-,69+,70-/m0/s1. The molecule has 2 heterocycles. The Hall–Kier alpha value is -14.4. The molecule has 0 aromatic heterocycles. The summed E-state index contributed by atoms with van der Waals surface area (Å²) in [6, 6.07) is 25.7. The van der Waals surface area contributed by atoms with Crippen molar-refractivity contribution in [1.29, 1.82) is 10.8 Å². The third-order valence-electron chi connectivity index (χ3n) is 20.7. The summed E-state index contributed by atoms with van der Waals surface area (Å²) in [6.07, 6.45) is -2.66. The van der Waals surface area contributed by atoms with Crippen molar-refractivity contribution in [2.75, 3.05) is 32.8 Å². The van der Waals surface area contributed by atoms with E-state index in [0.29, 0.717) is 22.1 Å². The van der Waals surface area contributed by atoms with Crippen molar-refractivity contribution < 1.29 is 77.0 Å². The van der Waals surface area contributed by atoms with Crippen molar-refractivity contribution in [1.82, 2.24) is 79.8 Å². The molecule has 0 saturated heterocycles. The Morgan fingerprint density at radius 1 is 0.415 bits per heavy atom. The zero-order chi connectivity index (χ0) is 88.8. The van der Waals surface area contributed by atoms with E-state index in [1.54, 1.807) is 123 Å². The lowest BCUT2D eigenvalue weighted by Crippen LogP contribution is -2.61. The smallest absolute Gasteiger partial charge is 0.251 e. The maximum atomic E-state index is 15.6. The lowest BCUT2D eigenvalue weighted by Gasteiger charge is -2.29. The Balaban J connectivity index is 1.20. The molecule has 0 spiro atoms. The van der Waals surface area contributed by atoms with Gasteiger partial charge in [-0.3, -0.25) is 82.7 Å².